The first-order valence-electron chi connectivity index (χ1n) is 9.42. The number of nitrogens with one attached hydrogen (secondary N) is 3. The van der Waals surface area contributed by atoms with Crippen LogP contribution in [0.1, 0.15) is 56.4 Å². The molecule has 0 aromatic carbocycles. The maximum atomic E-state index is 12.7. The third-order valence-electron chi connectivity index (χ3n) is 5.22. The number of rotatable bonds is 5. The topological polar surface area (TPSA) is 79.3 Å². The van der Waals surface area contributed by atoms with Crippen molar-refractivity contribution in [2.75, 3.05) is 13.6 Å². The number of aromatic nitrogens is 2. The van der Waals surface area contributed by atoms with Gasteiger partial charge in [-0.05, 0) is 51.5 Å². The number of fused-ring (bicyclic) bond motifs is 3. The Kier molecular flexibility index (Phi) is 5.48. The number of carbonyl (C=O) groups is 1. The van der Waals surface area contributed by atoms with Crippen molar-refractivity contribution >= 4 is 27.5 Å². The van der Waals surface area contributed by atoms with E-state index in [4.69, 9.17) is 4.98 Å². The van der Waals surface area contributed by atoms with Gasteiger partial charge in [0, 0.05) is 10.9 Å². The standard InChI is InChI=1S/C19H28N4O2S/c1-10(2)20-15(24)9-23(5)12(4)17-21-18(25)16-13-7-6-11(3)8-14(13)26-19(16)22-17/h10-12H,6-9H2,1-5H3,(H,20,24)(H,21,22,25)/p+1/t11-,12-/m0/s1. The van der Waals surface area contributed by atoms with Gasteiger partial charge in [0.25, 0.3) is 11.5 Å². The van der Waals surface area contributed by atoms with Crippen LogP contribution in [0.25, 0.3) is 10.2 Å². The first kappa shape index (κ1) is 19.0. The van der Waals surface area contributed by atoms with E-state index in [1.54, 1.807) is 11.3 Å². The van der Waals surface area contributed by atoms with Gasteiger partial charge in [-0.3, -0.25) is 9.59 Å². The molecule has 1 amide bonds. The second-order valence-corrected chi connectivity index (χ2v) is 9.03. The van der Waals surface area contributed by atoms with Gasteiger partial charge in [0.05, 0.1) is 12.4 Å². The smallest absolute Gasteiger partial charge is 0.275 e. The summed E-state index contributed by atoms with van der Waals surface area (Å²) in [6, 6.07) is 0.0581. The Morgan fingerprint density at radius 1 is 1.42 bits per heavy atom. The minimum absolute atomic E-state index is 0.00773. The van der Waals surface area contributed by atoms with E-state index in [0.717, 1.165) is 34.4 Å². The Labute approximate surface area is 158 Å². The van der Waals surface area contributed by atoms with Crippen molar-refractivity contribution in [2.24, 2.45) is 5.92 Å². The number of aromatic amines is 1. The van der Waals surface area contributed by atoms with Gasteiger partial charge in [0.1, 0.15) is 10.9 Å². The van der Waals surface area contributed by atoms with E-state index in [9.17, 15) is 9.59 Å². The number of hydrogen-bond acceptors (Lipinski definition) is 4. The molecule has 0 spiro atoms. The Hall–Kier alpha value is -1.73. The van der Waals surface area contributed by atoms with Crippen molar-refractivity contribution in [3.05, 3.63) is 26.6 Å². The number of aryl methyl sites for hydroxylation is 1. The lowest BCUT2D eigenvalue weighted by Crippen LogP contribution is -3.10. The highest BCUT2D eigenvalue weighted by Crippen LogP contribution is 2.35. The summed E-state index contributed by atoms with van der Waals surface area (Å²) in [6.07, 6.45) is 3.15. The molecule has 7 heteroatoms. The highest BCUT2D eigenvalue weighted by molar-refractivity contribution is 7.18. The number of H-pyrrole nitrogens is 1. The molecule has 3 atom stereocenters. The molecule has 0 fully saturated rings. The third-order valence-corrected chi connectivity index (χ3v) is 6.37. The van der Waals surface area contributed by atoms with Crippen molar-refractivity contribution in [3.63, 3.8) is 0 Å². The van der Waals surface area contributed by atoms with E-state index >= 15 is 0 Å². The molecule has 0 saturated heterocycles. The lowest BCUT2D eigenvalue weighted by atomic mass is 9.89. The number of carbonyl (C=O) groups excluding carboxylic acids is 1. The van der Waals surface area contributed by atoms with Gasteiger partial charge in [-0.1, -0.05) is 6.92 Å². The van der Waals surface area contributed by atoms with E-state index in [2.05, 4.69) is 17.2 Å². The largest absolute Gasteiger partial charge is 0.349 e. The quantitative estimate of drug-likeness (QED) is 0.733. The van der Waals surface area contributed by atoms with Crippen LogP contribution >= 0.6 is 11.3 Å². The highest BCUT2D eigenvalue weighted by Gasteiger charge is 2.26. The number of thiophene rings is 1. The average Bonchev–Trinajstić information content (AvgIpc) is 2.90. The molecule has 6 nitrogen and oxygen atoms in total. The van der Waals surface area contributed by atoms with Crippen LogP contribution in [0.4, 0.5) is 0 Å². The highest BCUT2D eigenvalue weighted by atomic mass is 32.1. The summed E-state index contributed by atoms with van der Waals surface area (Å²) in [7, 11) is 1.95. The van der Waals surface area contributed by atoms with Gasteiger partial charge in [-0.15, -0.1) is 11.3 Å². The van der Waals surface area contributed by atoms with E-state index in [1.165, 1.54) is 10.4 Å². The molecule has 142 valence electrons. The summed E-state index contributed by atoms with van der Waals surface area (Å²) in [4.78, 5) is 35.7. The molecular formula is C19H29N4O2S+. The molecule has 2 aromatic heterocycles. The van der Waals surface area contributed by atoms with Crippen molar-refractivity contribution in [3.8, 4) is 0 Å². The van der Waals surface area contributed by atoms with Crippen LogP contribution in [0.2, 0.25) is 0 Å². The van der Waals surface area contributed by atoms with Crippen molar-refractivity contribution in [1.29, 1.82) is 0 Å². The maximum Gasteiger partial charge on any atom is 0.275 e. The zero-order chi connectivity index (χ0) is 19.0. The molecular weight excluding hydrogens is 348 g/mol. The van der Waals surface area contributed by atoms with E-state index in [0.29, 0.717) is 18.3 Å². The number of amides is 1. The fraction of sp³-hybridized carbons (Fsp3) is 0.632. The third kappa shape index (κ3) is 3.83. The summed E-state index contributed by atoms with van der Waals surface area (Å²) in [5, 5.41) is 3.69. The van der Waals surface area contributed by atoms with Crippen molar-refractivity contribution in [2.45, 2.75) is 59.0 Å². The summed E-state index contributed by atoms with van der Waals surface area (Å²) >= 11 is 1.66. The van der Waals surface area contributed by atoms with E-state index in [-0.39, 0.29) is 23.6 Å². The monoisotopic (exact) mass is 377 g/mol. The van der Waals surface area contributed by atoms with Crippen LogP contribution in [0.3, 0.4) is 0 Å². The molecule has 1 unspecified atom stereocenters. The second kappa shape index (κ2) is 7.48. The molecule has 2 aromatic rings. The molecule has 3 N–H and O–H groups in total. The average molecular weight is 378 g/mol. The fourth-order valence-corrected chi connectivity index (χ4v) is 4.97. The number of hydrogen-bond donors (Lipinski definition) is 3. The Bertz CT molecular complexity index is 870. The molecule has 0 bridgehead atoms. The second-order valence-electron chi connectivity index (χ2n) is 7.95. The lowest BCUT2D eigenvalue weighted by molar-refractivity contribution is -0.903. The normalized spacial score (nSPS) is 19.4. The number of nitrogens with zero attached hydrogens (tertiary/aromatic N) is 1. The first-order valence-corrected chi connectivity index (χ1v) is 10.2. The molecule has 26 heavy (non-hydrogen) atoms. The predicted octanol–water partition coefficient (Wildman–Crippen LogP) is 1.21. The molecule has 0 saturated carbocycles. The molecule has 3 rings (SSSR count). The first-order chi connectivity index (χ1) is 12.3. The van der Waals surface area contributed by atoms with Gasteiger partial charge in [0.2, 0.25) is 0 Å². The Balaban J connectivity index is 1.86. The summed E-state index contributed by atoms with van der Waals surface area (Å²) < 4.78 is 0. The van der Waals surface area contributed by atoms with Gasteiger partial charge in [-0.2, -0.15) is 0 Å². The van der Waals surface area contributed by atoms with Crippen LogP contribution in [-0.2, 0) is 17.6 Å². The van der Waals surface area contributed by atoms with Gasteiger partial charge >= 0.3 is 0 Å². The SMILES string of the molecule is CC(C)NC(=O)C[NH+](C)[C@@H](C)c1nc2sc3c(c2c(=O)[nH]1)CC[C@H](C)C3. The van der Waals surface area contributed by atoms with Gasteiger partial charge < -0.3 is 15.2 Å². The Morgan fingerprint density at radius 3 is 2.85 bits per heavy atom. The molecule has 1 aliphatic carbocycles. The van der Waals surface area contributed by atoms with Crippen LogP contribution in [-0.4, -0.2) is 35.5 Å². The van der Waals surface area contributed by atoms with Crippen molar-refractivity contribution < 1.29 is 9.69 Å². The van der Waals surface area contributed by atoms with Gasteiger partial charge in [0.15, 0.2) is 12.4 Å². The summed E-state index contributed by atoms with van der Waals surface area (Å²) in [5.41, 5.74) is 1.16. The minimum atomic E-state index is -0.0666. The van der Waals surface area contributed by atoms with Crippen LogP contribution < -0.4 is 15.8 Å². The lowest BCUT2D eigenvalue weighted by Gasteiger charge is -2.21. The zero-order valence-corrected chi connectivity index (χ0v) is 17.0. The van der Waals surface area contributed by atoms with E-state index < -0.39 is 0 Å². The maximum absolute atomic E-state index is 12.7. The van der Waals surface area contributed by atoms with Gasteiger partial charge in [-0.25, -0.2) is 4.98 Å². The Morgan fingerprint density at radius 2 is 2.15 bits per heavy atom. The van der Waals surface area contributed by atoms with Crippen molar-refractivity contribution in [1.82, 2.24) is 15.3 Å². The number of quaternary nitrogens is 1. The molecule has 0 radical (unpaired) electrons. The molecule has 0 aliphatic heterocycles. The minimum Gasteiger partial charge on any atom is -0.349 e. The zero-order valence-electron chi connectivity index (χ0n) is 16.2. The molecule has 2 heterocycles. The summed E-state index contributed by atoms with van der Waals surface area (Å²) in [5.74, 6) is 1.33. The fourth-order valence-electron chi connectivity index (χ4n) is 3.58. The molecule has 1 aliphatic rings. The summed E-state index contributed by atoms with van der Waals surface area (Å²) in [6.45, 7) is 8.50. The number of likely N-dealkylation sites (N-methyl/N-ethyl adjacent to an activating group) is 1. The van der Waals surface area contributed by atoms with E-state index in [1.807, 2.05) is 27.8 Å². The van der Waals surface area contributed by atoms with Crippen LogP contribution in [0, 0.1) is 5.92 Å². The van der Waals surface area contributed by atoms with Crippen LogP contribution in [0.5, 0.6) is 0 Å². The van der Waals surface area contributed by atoms with Crippen LogP contribution in [0.15, 0.2) is 4.79 Å². The predicted molar refractivity (Wildman–Crippen MR) is 105 cm³/mol.